The first-order valence-corrected chi connectivity index (χ1v) is 10.2. The minimum Gasteiger partial charge on any atom is -0.480 e. The lowest BCUT2D eigenvalue weighted by Gasteiger charge is -2.13. The summed E-state index contributed by atoms with van der Waals surface area (Å²) in [6.45, 7) is 2.93. The second-order valence-corrected chi connectivity index (χ2v) is 8.03. The van der Waals surface area contributed by atoms with Crippen molar-refractivity contribution >= 4 is 19.8 Å². The highest BCUT2D eigenvalue weighted by molar-refractivity contribution is 7.46. The predicted molar refractivity (Wildman–Crippen MR) is 98.0 cm³/mol. The summed E-state index contributed by atoms with van der Waals surface area (Å²) in [5.41, 5.74) is 5.11. The average Bonchev–Trinajstić information content (AvgIpc) is 2.94. The van der Waals surface area contributed by atoms with Crippen LogP contribution in [0, 0.1) is 5.92 Å². The van der Waals surface area contributed by atoms with Gasteiger partial charge in [-0.1, -0.05) is 13.8 Å². The van der Waals surface area contributed by atoms with E-state index in [1.807, 2.05) is 0 Å². The van der Waals surface area contributed by atoms with Crippen LogP contribution in [0.5, 0.6) is 0 Å². The number of phosphoric acid groups is 1. The van der Waals surface area contributed by atoms with Crippen molar-refractivity contribution in [2.75, 3.05) is 6.61 Å². The van der Waals surface area contributed by atoms with E-state index in [-0.39, 0.29) is 11.5 Å². The standard InChI is InChI=1S/C11H14NO9P.C5H11NO2/c13-8-7(5-20-22(17,18)19)21-10(9(8)14)12-3-1-2-6(4-12)11(15)16;1-3(2)4(6)5(7)8/h1-4,7-10,13-14H,5H2,(H2-,15,16,17,18,19);3-4H,6H2,1-2H3,(H,7,8)/p+1/t7-,8-,9-,10-;4-/m11/s1. The second-order valence-electron chi connectivity index (χ2n) is 6.79. The maximum atomic E-state index is 10.9. The number of carbonyl (C=O) groups is 2. The molecule has 2 rings (SSSR count). The lowest BCUT2D eigenvalue weighted by molar-refractivity contribution is -0.765. The Hall–Kier alpha value is -1.96. The molecule has 1 fully saturated rings. The maximum absolute atomic E-state index is 10.9. The number of hydrogen-bond donors (Lipinski definition) is 7. The molecule has 13 nitrogen and oxygen atoms in total. The molecule has 5 atom stereocenters. The molecule has 1 aliphatic rings. The topological polar surface area (TPSA) is 221 Å². The summed E-state index contributed by atoms with van der Waals surface area (Å²) in [5, 5.41) is 36.9. The summed E-state index contributed by atoms with van der Waals surface area (Å²) in [6, 6.07) is 2.05. The van der Waals surface area contributed by atoms with Crippen molar-refractivity contribution in [2.24, 2.45) is 11.7 Å². The molecule has 0 radical (unpaired) electrons. The van der Waals surface area contributed by atoms with Crippen LogP contribution in [0.4, 0.5) is 0 Å². The average molecular weight is 453 g/mol. The number of phosphoric ester groups is 1. The first kappa shape index (κ1) is 26.1. The van der Waals surface area contributed by atoms with Crippen LogP contribution in [0.1, 0.15) is 30.4 Å². The largest absolute Gasteiger partial charge is 0.480 e. The second kappa shape index (κ2) is 10.9. The zero-order chi connectivity index (χ0) is 23.2. The van der Waals surface area contributed by atoms with Crippen LogP contribution in [0.15, 0.2) is 24.5 Å². The van der Waals surface area contributed by atoms with Crippen LogP contribution < -0.4 is 10.3 Å². The van der Waals surface area contributed by atoms with E-state index in [2.05, 4.69) is 4.52 Å². The molecule has 0 unspecified atom stereocenters. The molecule has 0 aliphatic carbocycles. The number of aliphatic carboxylic acids is 1. The van der Waals surface area contributed by atoms with E-state index in [0.29, 0.717) is 0 Å². The van der Waals surface area contributed by atoms with E-state index < -0.39 is 56.9 Å². The molecule has 1 aromatic heterocycles. The Balaban J connectivity index is 0.000000479. The van der Waals surface area contributed by atoms with Gasteiger partial charge in [0.25, 0.3) is 6.23 Å². The summed E-state index contributed by atoms with van der Waals surface area (Å²) in [6.07, 6.45) is -2.51. The Morgan fingerprint density at radius 3 is 2.30 bits per heavy atom. The van der Waals surface area contributed by atoms with Crippen molar-refractivity contribution in [3.8, 4) is 0 Å². The molecule has 0 saturated carbocycles. The molecule has 14 heteroatoms. The number of carboxylic acids is 2. The number of nitrogens with zero attached hydrogens (tertiary/aromatic N) is 1. The summed E-state index contributed by atoms with van der Waals surface area (Å²) in [5.74, 6) is -2.09. The van der Waals surface area contributed by atoms with E-state index in [4.69, 9.17) is 30.5 Å². The van der Waals surface area contributed by atoms with Gasteiger partial charge in [0.15, 0.2) is 18.5 Å². The van der Waals surface area contributed by atoms with Crippen LogP contribution in [0.3, 0.4) is 0 Å². The quantitative estimate of drug-likeness (QED) is 0.184. The Kier molecular flexibility index (Phi) is 9.46. The molecule has 30 heavy (non-hydrogen) atoms. The smallest absolute Gasteiger partial charge is 0.469 e. The van der Waals surface area contributed by atoms with Gasteiger partial charge < -0.3 is 40.7 Å². The number of carboxylic acid groups (broad SMARTS) is 2. The molecule has 170 valence electrons. The van der Waals surface area contributed by atoms with Gasteiger partial charge in [-0.05, 0) is 12.0 Å². The summed E-state index contributed by atoms with van der Waals surface area (Å²) >= 11 is 0. The van der Waals surface area contributed by atoms with Gasteiger partial charge in [-0.15, -0.1) is 0 Å². The molecule has 2 heterocycles. The van der Waals surface area contributed by atoms with Gasteiger partial charge >= 0.3 is 19.8 Å². The molecule has 0 spiro atoms. The van der Waals surface area contributed by atoms with Gasteiger partial charge in [-0.3, -0.25) is 9.32 Å². The zero-order valence-electron chi connectivity index (χ0n) is 16.2. The van der Waals surface area contributed by atoms with Crippen LogP contribution in [0.2, 0.25) is 0 Å². The highest BCUT2D eigenvalue weighted by Crippen LogP contribution is 2.37. The zero-order valence-corrected chi connectivity index (χ0v) is 17.1. The van der Waals surface area contributed by atoms with Gasteiger partial charge in [-0.25, -0.2) is 9.36 Å². The van der Waals surface area contributed by atoms with Gasteiger partial charge in [-0.2, -0.15) is 4.57 Å². The summed E-state index contributed by atoms with van der Waals surface area (Å²) < 4.78 is 21.4. The molecular formula is C16H26N2O11P+. The number of aliphatic hydroxyl groups is 2. The third kappa shape index (κ3) is 7.70. The van der Waals surface area contributed by atoms with Gasteiger partial charge in [0.05, 0.1) is 6.61 Å². The van der Waals surface area contributed by atoms with Crippen molar-refractivity contribution in [1.29, 1.82) is 0 Å². The summed E-state index contributed by atoms with van der Waals surface area (Å²) in [4.78, 5) is 38.2. The van der Waals surface area contributed by atoms with E-state index in [1.54, 1.807) is 13.8 Å². The number of pyridine rings is 1. The third-order valence-electron chi connectivity index (χ3n) is 4.11. The molecular weight excluding hydrogens is 427 g/mol. The lowest BCUT2D eigenvalue weighted by Crippen LogP contribution is -2.46. The first-order chi connectivity index (χ1) is 13.7. The number of aliphatic hydroxyl groups excluding tert-OH is 2. The van der Waals surface area contributed by atoms with Crippen LogP contribution >= 0.6 is 7.82 Å². The minimum atomic E-state index is -4.73. The Morgan fingerprint density at radius 1 is 1.27 bits per heavy atom. The molecule has 0 bridgehead atoms. The minimum absolute atomic E-state index is 0.0208. The molecule has 1 aliphatic heterocycles. The molecule has 8 N–H and O–H groups in total. The number of aromatic nitrogens is 1. The lowest BCUT2D eigenvalue weighted by atomic mass is 10.1. The Labute approximate surface area is 171 Å². The fourth-order valence-electron chi connectivity index (χ4n) is 2.35. The van der Waals surface area contributed by atoms with Gasteiger partial charge in [0, 0.05) is 6.07 Å². The normalized spacial score (nSPS) is 24.8. The molecule has 1 saturated heterocycles. The molecule has 0 aromatic carbocycles. The van der Waals surface area contributed by atoms with Gasteiger partial charge in [0.2, 0.25) is 0 Å². The Morgan fingerprint density at radius 2 is 1.87 bits per heavy atom. The first-order valence-electron chi connectivity index (χ1n) is 8.68. The predicted octanol–water partition coefficient (Wildman–Crippen LogP) is -1.54. The summed E-state index contributed by atoms with van der Waals surface area (Å²) in [7, 11) is -4.73. The highest BCUT2D eigenvalue weighted by Gasteiger charge is 2.48. The van der Waals surface area contributed by atoms with E-state index in [1.165, 1.54) is 29.1 Å². The van der Waals surface area contributed by atoms with Crippen molar-refractivity contribution in [3.05, 3.63) is 30.1 Å². The molecule has 1 aromatic rings. The Bertz CT molecular complexity index is 784. The van der Waals surface area contributed by atoms with E-state index in [0.717, 1.165) is 0 Å². The SMILES string of the molecule is CC(C)[C@@H](N)C(=O)O.O=C(O)c1ccc[n+]([C@@H]2O[C@H](COP(=O)(O)O)[C@@H](O)[C@H]2O)c1. The van der Waals surface area contributed by atoms with Crippen LogP contribution in [-0.2, 0) is 18.6 Å². The van der Waals surface area contributed by atoms with Crippen LogP contribution in [-0.4, -0.2) is 73.1 Å². The third-order valence-corrected chi connectivity index (χ3v) is 4.60. The number of aromatic carboxylic acids is 1. The number of nitrogens with two attached hydrogens (primary N) is 1. The number of ether oxygens (including phenoxy) is 1. The van der Waals surface area contributed by atoms with Gasteiger partial charge in [0.1, 0.15) is 23.8 Å². The monoisotopic (exact) mass is 453 g/mol. The number of rotatable bonds is 7. The van der Waals surface area contributed by atoms with E-state index >= 15 is 0 Å². The van der Waals surface area contributed by atoms with Crippen molar-refractivity contribution in [2.45, 2.75) is 44.4 Å². The van der Waals surface area contributed by atoms with Crippen molar-refractivity contribution in [1.82, 2.24) is 0 Å². The fraction of sp³-hybridized carbons (Fsp3) is 0.562. The van der Waals surface area contributed by atoms with Crippen molar-refractivity contribution in [3.63, 3.8) is 0 Å². The maximum Gasteiger partial charge on any atom is 0.469 e. The van der Waals surface area contributed by atoms with Crippen LogP contribution in [0.25, 0.3) is 0 Å². The fourth-order valence-corrected chi connectivity index (χ4v) is 2.69. The number of hydrogen-bond acceptors (Lipinski definition) is 8. The molecule has 0 amide bonds. The van der Waals surface area contributed by atoms with E-state index in [9.17, 15) is 24.4 Å². The highest BCUT2D eigenvalue weighted by atomic mass is 31.2. The van der Waals surface area contributed by atoms with Crippen molar-refractivity contribution < 1.29 is 58.2 Å².